The fourth-order valence-electron chi connectivity index (χ4n) is 2.49. The van der Waals surface area contributed by atoms with E-state index in [1.807, 2.05) is 48.7 Å². The zero-order valence-electron chi connectivity index (χ0n) is 12.8. The van der Waals surface area contributed by atoms with Gasteiger partial charge in [0.25, 0.3) is 11.1 Å². The Morgan fingerprint density at radius 2 is 1.83 bits per heavy atom. The van der Waals surface area contributed by atoms with Crippen molar-refractivity contribution in [3.63, 3.8) is 0 Å². The second-order valence-electron chi connectivity index (χ2n) is 5.25. The molecule has 118 valence electrons. The van der Waals surface area contributed by atoms with E-state index >= 15 is 0 Å². The molecule has 0 amide bonds. The van der Waals surface area contributed by atoms with Gasteiger partial charge in [-0.2, -0.15) is 0 Å². The predicted molar refractivity (Wildman–Crippen MR) is 97.8 cm³/mol. The summed E-state index contributed by atoms with van der Waals surface area (Å²) in [5.74, 6) is 1.33. The molecule has 24 heavy (non-hydrogen) atoms. The summed E-state index contributed by atoms with van der Waals surface area (Å²) < 4.78 is 5.78. The van der Waals surface area contributed by atoms with Crippen molar-refractivity contribution in [3.8, 4) is 11.5 Å². The van der Waals surface area contributed by atoms with Crippen molar-refractivity contribution in [2.24, 2.45) is 0 Å². The molecule has 4 aromatic rings. The Kier molecular flexibility index (Phi) is 4.16. The van der Waals surface area contributed by atoms with E-state index in [1.165, 1.54) is 17.3 Å². The summed E-state index contributed by atoms with van der Waals surface area (Å²) in [5, 5.41) is 9.95. The molecular formula is C19H15N3OS. The number of nitrogens with zero attached hydrogens (tertiary/aromatic N) is 2. The molecule has 1 N–H and O–H groups in total. The van der Waals surface area contributed by atoms with Crippen molar-refractivity contribution in [2.45, 2.75) is 5.22 Å². The molecule has 2 aromatic heterocycles. The molecule has 0 aliphatic heterocycles. The lowest BCUT2D eigenvalue weighted by Crippen LogP contribution is -1.75. The van der Waals surface area contributed by atoms with Gasteiger partial charge < -0.3 is 9.40 Å². The average molecular weight is 333 g/mol. The standard InChI is InChI=1S/C19H15N3OS/c1-2-7-14(8-3-1)9-6-12-24-19-22-21-18(23-19)16-13-20-17-11-5-4-10-15(16)17/h1-11,13,20H,12H2. The van der Waals surface area contributed by atoms with Gasteiger partial charge in [0.1, 0.15) is 0 Å². The van der Waals surface area contributed by atoms with Gasteiger partial charge in [-0.15, -0.1) is 10.2 Å². The third-order valence-electron chi connectivity index (χ3n) is 3.64. The first-order chi connectivity index (χ1) is 11.9. The zero-order chi connectivity index (χ0) is 16.2. The number of benzene rings is 2. The monoisotopic (exact) mass is 333 g/mol. The lowest BCUT2D eigenvalue weighted by Gasteiger charge is -1.93. The number of aromatic nitrogens is 3. The first-order valence-electron chi connectivity index (χ1n) is 7.64. The largest absolute Gasteiger partial charge is 0.411 e. The molecule has 0 spiro atoms. The Balaban J connectivity index is 1.44. The summed E-state index contributed by atoms with van der Waals surface area (Å²) in [6.45, 7) is 0. The van der Waals surface area contributed by atoms with Crippen LogP contribution in [0, 0.1) is 0 Å². The molecule has 5 heteroatoms. The molecule has 0 aliphatic rings. The van der Waals surface area contributed by atoms with Gasteiger partial charge in [0.05, 0.1) is 5.56 Å². The maximum Gasteiger partial charge on any atom is 0.277 e. The number of para-hydroxylation sites is 1. The van der Waals surface area contributed by atoms with E-state index in [0.29, 0.717) is 11.1 Å². The zero-order valence-corrected chi connectivity index (χ0v) is 13.7. The van der Waals surface area contributed by atoms with Gasteiger partial charge in [-0.3, -0.25) is 0 Å². The van der Waals surface area contributed by atoms with Crippen molar-refractivity contribution in [1.82, 2.24) is 15.2 Å². The van der Waals surface area contributed by atoms with Gasteiger partial charge in [0, 0.05) is 22.9 Å². The molecule has 4 rings (SSSR count). The van der Waals surface area contributed by atoms with E-state index in [4.69, 9.17) is 4.42 Å². The summed E-state index contributed by atoms with van der Waals surface area (Å²) in [7, 11) is 0. The molecule has 0 bridgehead atoms. The van der Waals surface area contributed by atoms with E-state index in [1.54, 1.807) is 0 Å². The summed E-state index contributed by atoms with van der Waals surface area (Å²) in [5.41, 5.74) is 3.18. The Hall–Kier alpha value is -2.79. The predicted octanol–water partition coefficient (Wildman–Crippen LogP) is 5.02. The Morgan fingerprint density at radius 3 is 2.75 bits per heavy atom. The SMILES string of the molecule is C(=Cc1ccccc1)CSc1nnc(-c2c[nH]c3ccccc23)o1. The first-order valence-corrected chi connectivity index (χ1v) is 8.63. The summed E-state index contributed by atoms with van der Waals surface area (Å²) in [6.07, 6.45) is 6.08. The van der Waals surface area contributed by atoms with Crippen LogP contribution >= 0.6 is 11.8 Å². The van der Waals surface area contributed by atoms with Crippen molar-refractivity contribution in [3.05, 3.63) is 72.4 Å². The maximum atomic E-state index is 5.78. The van der Waals surface area contributed by atoms with Crippen molar-refractivity contribution in [2.75, 3.05) is 5.75 Å². The third-order valence-corrected chi connectivity index (χ3v) is 4.41. The Labute approximate surface area is 143 Å². The Morgan fingerprint density at radius 1 is 1.00 bits per heavy atom. The van der Waals surface area contributed by atoms with Crippen LogP contribution in [0.3, 0.4) is 0 Å². The summed E-state index contributed by atoms with van der Waals surface area (Å²) in [4.78, 5) is 3.22. The fourth-order valence-corrected chi connectivity index (χ4v) is 3.06. The molecule has 2 heterocycles. The van der Waals surface area contributed by atoms with Crippen LogP contribution in [0.25, 0.3) is 28.4 Å². The summed E-state index contributed by atoms with van der Waals surface area (Å²) in [6, 6.07) is 18.3. The topological polar surface area (TPSA) is 54.7 Å². The number of aromatic amines is 1. The smallest absolute Gasteiger partial charge is 0.277 e. The number of rotatable bonds is 5. The minimum absolute atomic E-state index is 0.544. The molecule has 0 saturated heterocycles. The van der Waals surface area contributed by atoms with Gasteiger partial charge in [-0.05, 0) is 11.6 Å². The van der Waals surface area contributed by atoms with Crippen LogP contribution in [-0.2, 0) is 0 Å². The number of hydrogen-bond acceptors (Lipinski definition) is 4. The number of H-pyrrole nitrogens is 1. The highest BCUT2D eigenvalue weighted by Gasteiger charge is 2.12. The van der Waals surface area contributed by atoms with Crippen molar-refractivity contribution >= 4 is 28.7 Å². The first kappa shape index (κ1) is 14.8. The normalized spacial score (nSPS) is 11.5. The van der Waals surface area contributed by atoms with Crippen LogP contribution in [-0.4, -0.2) is 20.9 Å². The minimum Gasteiger partial charge on any atom is -0.411 e. The third kappa shape index (κ3) is 3.12. The second kappa shape index (κ2) is 6.76. The van der Waals surface area contributed by atoms with Gasteiger partial charge in [0.2, 0.25) is 0 Å². The Bertz CT molecular complexity index is 972. The molecule has 0 aliphatic carbocycles. The lowest BCUT2D eigenvalue weighted by molar-refractivity contribution is 0.466. The van der Waals surface area contributed by atoms with Crippen LogP contribution in [0.5, 0.6) is 0 Å². The van der Waals surface area contributed by atoms with E-state index in [-0.39, 0.29) is 0 Å². The van der Waals surface area contributed by atoms with Crippen LogP contribution in [0.1, 0.15) is 5.56 Å². The van der Waals surface area contributed by atoms with Crippen LogP contribution in [0.4, 0.5) is 0 Å². The second-order valence-corrected chi connectivity index (χ2v) is 6.22. The van der Waals surface area contributed by atoms with Crippen LogP contribution < -0.4 is 0 Å². The van der Waals surface area contributed by atoms with Crippen LogP contribution in [0.2, 0.25) is 0 Å². The average Bonchev–Trinajstić information content (AvgIpc) is 3.26. The van der Waals surface area contributed by atoms with E-state index in [9.17, 15) is 0 Å². The van der Waals surface area contributed by atoms with E-state index in [2.05, 4.69) is 39.5 Å². The quantitative estimate of drug-likeness (QED) is 0.521. The molecule has 0 fully saturated rings. The molecule has 0 saturated carbocycles. The van der Waals surface area contributed by atoms with Crippen LogP contribution in [0.15, 0.2) is 76.5 Å². The maximum absolute atomic E-state index is 5.78. The molecule has 0 unspecified atom stereocenters. The van der Waals surface area contributed by atoms with E-state index < -0.39 is 0 Å². The highest BCUT2D eigenvalue weighted by atomic mass is 32.2. The molecular weight excluding hydrogens is 318 g/mol. The van der Waals surface area contributed by atoms with Gasteiger partial charge >= 0.3 is 0 Å². The number of fused-ring (bicyclic) bond motifs is 1. The highest BCUT2D eigenvalue weighted by Crippen LogP contribution is 2.29. The molecule has 0 radical (unpaired) electrons. The van der Waals surface area contributed by atoms with Crippen molar-refractivity contribution < 1.29 is 4.42 Å². The van der Waals surface area contributed by atoms with Gasteiger partial charge in [-0.25, -0.2) is 0 Å². The molecule has 2 aromatic carbocycles. The highest BCUT2D eigenvalue weighted by molar-refractivity contribution is 7.99. The number of hydrogen-bond donors (Lipinski definition) is 1. The van der Waals surface area contributed by atoms with E-state index in [0.717, 1.165) is 22.2 Å². The van der Waals surface area contributed by atoms with Gasteiger partial charge in [-0.1, -0.05) is 72.4 Å². The van der Waals surface area contributed by atoms with Crippen molar-refractivity contribution in [1.29, 1.82) is 0 Å². The summed E-state index contributed by atoms with van der Waals surface area (Å²) >= 11 is 1.53. The lowest BCUT2D eigenvalue weighted by atomic mass is 10.2. The fraction of sp³-hybridized carbons (Fsp3) is 0.0526. The molecule has 0 atom stereocenters. The molecule has 4 nitrogen and oxygen atoms in total. The number of nitrogens with one attached hydrogen (secondary N) is 1. The van der Waals surface area contributed by atoms with Gasteiger partial charge in [0.15, 0.2) is 0 Å². The number of thioether (sulfide) groups is 1. The minimum atomic E-state index is 0.544.